The van der Waals surface area contributed by atoms with Gasteiger partial charge in [-0.05, 0) is 43.2 Å². The van der Waals surface area contributed by atoms with Crippen LogP contribution >= 0.6 is 0 Å². The van der Waals surface area contributed by atoms with Crippen molar-refractivity contribution in [2.45, 2.75) is 26.7 Å². The lowest BCUT2D eigenvalue weighted by atomic mass is 10.0. The van der Waals surface area contributed by atoms with Crippen LogP contribution in [0.5, 0.6) is 0 Å². The molecule has 0 fully saturated rings. The van der Waals surface area contributed by atoms with E-state index >= 15 is 0 Å². The molecule has 2 N–H and O–H groups in total. The molecule has 4 rings (SSSR count). The van der Waals surface area contributed by atoms with E-state index in [0.717, 1.165) is 5.69 Å². The lowest BCUT2D eigenvalue weighted by Crippen LogP contribution is -2.17. The van der Waals surface area contributed by atoms with Gasteiger partial charge in [-0.2, -0.15) is 0 Å². The van der Waals surface area contributed by atoms with Gasteiger partial charge in [0, 0.05) is 11.3 Å². The Morgan fingerprint density at radius 3 is 2.16 bits per heavy atom. The van der Waals surface area contributed by atoms with Crippen LogP contribution < -0.4 is 10.6 Å². The van der Waals surface area contributed by atoms with Gasteiger partial charge in [0.2, 0.25) is 0 Å². The van der Waals surface area contributed by atoms with E-state index in [9.17, 15) is 9.59 Å². The Kier molecular flexibility index (Phi) is 5.49. The molecule has 2 aromatic heterocycles. The highest BCUT2D eigenvalue weighted by molar-refractivity contribution is 6.14. The highest BCUT2D eigenvalue weighted by Crippen LogP contribution is 2.28. The molecular formula is C24H22N4O3. The smallest absolute Gasteiger partial charge is 0.259 e. The predicted molar refractivity (Wildman–Crippen MR) is 119 cm³/mol. The van der Waals surface area contributed by atoms with Gasteiger partial charge in [-0.15, -0.1) is 0 Å². The topological polar surface area (TPSA) is 97.1 Å². The minimum absolute atomic E-state index is 0.110. The largest absolute Gasteiger partial charge is 0.336 e. The summed E-state index contributed by atoms with van der Waals surface area (Å²) in [4.78, 5) is 30.3. The summed E-state index contributed by atoms with van der Waals surface area (Å²) in [6, 6.07) is 17.7. The lowest BCUT2D eigenvalue weighted by Gasteiger charge is -2.13. The van der Waals surface area contributed by atoms with E-state index in [1.807, 2.05) is 19.9 Å². The monoisotopic (exact) mass is 414 g/mol. The van der Waals surface area contributed by atoms with Gasteiger partial charge in [-0.3, -0.25) is 9.59 Å². The van der Waals surface area contributed by atoms with Gasteiger partial charge in [0.25, 0.3) is 17.5 Å². The van der Waals surface area contributed by atoms with Crippen molar-refractivity contribution in [2.24, 2.45) is 0 Å². The van der Waals surface area contributed by atoms with Crippen molar-refractivity contribution in [2.75, 3.05) is 10.6 Å². The molecule has 0 aliphatic carbocycles. The van der Waals surface area contributed by atoms with Crippen molar-refractivity contribution < 1.29 is 14.1 Å². The van der Waals surface area contributed by atoms with Crippen LogP contribution in [0.3, 0.4) is 0 Å². The molecule has 2 amide bonds. The molecule has 0 atom stereocenters. The number of hydrogen-bond donors (Lipinski definition) is 2. The van der Waals surface area contributed by atoms with E-state index in [1.165, 1.54) is 0 Å². The average Bonchev–Trinajstić information content (AvgIpc) is 3.15. The molecule has 0 radical (unpaired) electrons. The highest BCUT2D eigenvalue weighted by atomic mass is 16.5. The first kappa shape index (κ1) is 20.3. The van der Waals surface area contributed by atoms with Crippen molar-refractivity contribution in [3.8, 4) is 0 Å². The molecule has 7 heteroatoms. The summed E-state index contributed by atoms with van der Waals surface area (Å²) >= 11 is 0. The third-order valence-corrected chi connectivity index (χ3v) is 4.93. The number of carbonyl (C=O) groups excluding carboxylic acids is 2. The Hall–Kier alpha value is -4.00. The molecule has 7 nitrogen and oxygen atoms in total. The number of para-hydroxylation sites is 2. The fourth-order valence-corrected chi connectivity index (χ4v) is 3.26. The normalized spacial score (nSPS) is 11.0. The summed E-state index contributed by atoms with van der Waals surface area (Å²) in [5.41, 5.74) is 3.61. The second-order valence-electron chi connectivity index (χ2n) is 7.52. The van der Waals surface area contributed by atoms with Crippen LogP contribution in [0.4, 0.5) is 11.4 Å². The second-order valence-corrected chi connectivity index (χ2v) is 7.52. The number of benzene rings is 2. The molecule has 0 spiro atoms. The predicted octanol–water partition coefficient (Wildman–Crippen LogP) is 5.16. The molecule has 2 heterocycles. The van der Waals surface area contributed by atoms with Gasteiger partial charge < -0.3 is 15.2 Å². The number of aromatic nitrogens is 2. The molecule has 0 bridgehead atoms. The Morgan fingerprint density at radius 2 is 1.52 bits per heavy atom. The molecule has 0 saturated carbocycles. The highest BCUT2D eigenvalue weighted by Gasteiger charge is 2.21. The average molecular weight is 414 g/mol. The van der Waals surface area contributed by atoms with Crippen molar-refractivity contribution in [3.63, 3.8) is 0 Å². The van der Waals surface area contributed by atoms with E-state index in [2.05, 4.69) is 20.8 Å². The van der Waals surface area contributed by atoms with Crippen molar-refractivity contribution in [1.29, 1.82) is 0 Å². The summed E-state index contributed by atoms with van der Waals surface area (Å²) in [6.07, 6.45) is 0. The van der Waals surface area contributed by atoms with Crippen LogP contribution in [-0.2, 0) is 0 Å². The van der Waals surface area contributed by atoms with E-state index in [0.29, 0.717) is 39.3 Å². The third-order valence-electron chi connectivity index (χ3n) is 4.93. The Labute approximate surface area is 179 Å². The lowest BCUT2D eigenvalue weighted by molar-refractivity contribution is 0.101. The zero-order chi connectivity index (χ0) is 22.0. The van der Waals surface area contributed by atoms with Crippen LogP contribution in [0.2, 0.25) is 0 Å². The fourth-order valence-electron chi connectivity index (χ4n) is 3.26. The van der Waals surface area contributed by atoms with Gasteiger partial charge >= 0.3 is 0 Å². The Bertz CT molecular complexity index is 1260. The SMILES string of the molecule is Cc1noc2nc(C(C)C)cc(C(=O)Nc3ccccc3NC(=O)c3ccccc3)c12. The molecule has 0 unspecified atom stereocenters. The molecule has 0 aliphatic rings. The maximum atomic E-state index is 13.2. The standard InChI is InChI=1S/C24H22N4O3/c1-14(2)20-13-17(21-15(3)28-31-24(21)27-20)23(30)26-19-12-8-7-11-18(19)25-22(29)16-9-5-4-6-10-16/h4-14H,1-3H3,(H,25,29)(H,26,30). The van der Waals surface area contributed by atoms with Gasteiger partial charge in [-0.25, -0.2) is 4.98 Å². The zero-order valence-corrected chi connectivity index (χ0v) is 17.5. The first-order valence-electron chi connectivity index (χ1n) is 9.97. The van der Waals surface area contributed by atoms with Gasteiger partial charge in [0.1, 0.15) is 0 Å². The zero-order valence-electron chi connectivity index (χ0n) is 17.5. The van der Waals surface area contributed by atoms with Gasteiger partial charge in [-0.1, -0.05) is 49.3 Å². The Balaban J connectivity index is 1.66. The minimum atomic E-state index is -0.331. The van der Waals surface area contributed by atoms with Crippen LogP contribution in [0.25, 0.3) is 11.1 Å². The van der Waals surface area contributed by atoms with Crippen molar-refractivity contribution in [3.05, 3.63) is 83.2 Å². The number of nitrogens with zero attached hydrogens (tertiary/aromatic N) is 2. The molecular weight excluding hydrogens is 392 g/mol. The molecule has 4 aromatic rings. The Morgan fingerprint density at radius 1 is 0.903 bits per heavy atom. The third kappa shape index (κ3) is 4.16. The van der Waals surface area contributed by atoms with Crippen molar-refractivity contribution in [1.82, 2.24) is 10.1 Å². The van der Waals surface area contributed by atoms with Crippen LogP contribution in [0, 0.1) is 6.92 Å². The number of rotatable bonds is 5. The van der Waals surface area contributed by atoms with E-state index < -0.39 is 0 Å². The number of carbonyl (C=O) groups is 2. The number of nitrogens with one attached hydrogen (secondary N) is 2. The summed E-state index contributed by atoms with van der Waals surface area (Å²) in [5, 5.41) is 10.3. The maximum Gasteiger partial charge on any atom is 0.259 e. The number of aryl methyl sites for hydroxylation is 1. The van der Waals surface area contributed by atoms with Crippen LogP contribution in [-0.4, -0.2) is 22.0 Å². The van der Waals surface area contributed by atoms with Crippen molar-refractivity contribution >= 4 is 34.3 Å². The number of pyridine rings is 1. The molecule has 2 aromatic carbocycles. The first-order valence-corrected chi connectivity index (χ1v) is 9.97. The number of fused-ring (bicyclic) bond motifs is 1. The van der Waals surface area contributed by atoms with Gasteiger partial charge in [0.05, 0.1) is 28.0 Å². The summed E-state index contributed by atoms with van der Waals surface area (Å²) in [5.74, 6) is -0.480. The number of anilines is 2. The molecule has 0 saturated heterocycles. The quantitative estimate of drug-likeness (QED) is 0.470. The molecule has 31 heavy (non-hydrogen) atoms. The van der Waals surface area contributed by atoms with E-state index in [4.69, 9.17) is 4.52 Å². The molecule has 0 aliphatic heterocycles. The summed E-state index contributed by atoms with van der Waals surface area (Å²) in [6.45, 7) is 5.76. The van der Waals surface area contributed by atoms with E-state index in [1.54, 1.807) is 61.5 Å². The summed E-state index contributed by atoms with van der Waals surface area (Å²) in [7, 11) is 0. The van der Waals surface area contributed by atoms with Gasteiger partial charge in [0.15, 0.2) is 0 Å². The minimum Gasteiger partial charge on any atom is -0.336 e. The summed E-state index contributed by atoms with van der Waals surface area (Å²) < 4.78 is 5.31. The van der Waals surface area contributed by atoms with E-state index in [-0.39, 0.29) is 17.7 Å². The van der Waals surface area contributed by atoms with Crippen LogP contribution in [0.1, 0.15) is 51.9 Å². The second kappa shape index (κ2) is 8.39. The molecule has 156 valence electrons. The number of hydrogen-bond acceptors (Lipinski definition) is 5. The first-order chi connectivity index (χ1) is 14.9. The fraction of sp³-hybridized carbons (Fsp3) is 0.167. The van der Waals surface area contributed by atoms with Crippen LogP contribution in [0.15, 0.2) is 65.2 Å². The maximum absolute atomic E-state index is 13.2. The number of amides is 2.